The highest BCUT2D eigenvalue weighted by Gasteiger charge is 2.52. The van der Waals surface area contributed by atoms with Gasteiger partial charge in [-0.1, -0.05) is 0 Å². The highest BCUT2D eigenvalue weighted by atomic mass is 32.2. The molecule has 0 unspecified atom stereocenters. The van der Waals surface area contributed by atoms with Crippen LogP contribution >= 0.6 is 11.8 Å². The normalized spacial score (nSPS) is 25.7. The molecule has 0 aliphatic carbocycles. The van der Waals surface area contributed by atoms with Gasteiger partial charge in [-0.15, -0.1) is 11.8 Å². The predicted molar refractivity (Wildman–Crippen MR) is 86.2 cm³/mol. The van der Waals surface area contributed by atoms with Crippen LogP contribution in [0.1, 0.15) is 19.3 Å². The van der Waals surface area contributed by atoms with Crippen molar-refractivity contribution in [3.05, 3.63) is 24.1 Å². The average Bonchev–Trinajstić information content (AvgIpc) is 3.17. The summed E-state index contributed by atoms with van der Waals surface area (Å²) in [5.41, 5.74) is 0. The van der Waals surface area contributed by atoms with E-state index in [1.165, 1.54) is 12.3 Å². The number of hydrogen-bond acceptors (Lipinski definition) is 4. The Bertz CT molecular complexity index is 603. The van der Waals surface area contributed by atoms with Crippen molar-refractivity contribution in [1.82, 2.24) is 14.8 Å². The minimum atomic E-state index is -0.419. The lowest BCUT2D eigenvalue weighted by molar-refractivity contribution is 0.0932. The van der Waals surface area contributed by atoms with Crippen molar-refractivity contribution < 1.29 is 13.9 Å². The average molecular weight is 337 g/mol. The van der Waals surface area contributed by atoms with Crippen LogP contribution in [0.4, 0.5) is 9.18 Å². The van der Waals surface area contributed by atoms with Gasteiger partial charge in [0.1, 0.15) is 6.10 Å². The summed E-state index contributed by atoms with van der Waals surface area (Å²) in [6.45, 7) is 3.33. The molecule has 0 bridgehead atoms. The smallest absolute Gasteiger partial charge is 0.320 e. The van der Waals surface area contributed by atoms with Crippen molar-refractivity contribution in [1.29, 1.82) is 0 Å². The highest BCUT2D eigenvalue weighted by molar-refractivity contribution is 8.01. The van der Waals surface area contributed by atoms with Gasteiger partial charge in [-0.05, 0) is 25.0 Å². The van der Waals surface area contributed by atoms with E-state index in [1.807, 2.05) is 21.6 Å². The molecule has 2 amide bonds. The topological polar surface area (TPSA) is 45.7 Å². The van der Waals surface area contributed by atoms with Crippen LogP contribution in [0.25, 0.3) is 0 Å². The molecular formula is C16H20FN3O2S. The van der Waals surface area contributed by atoms with E-state index in [2.05, 4.69) is 4.98 Å². The zero-order chi connectivity index (χ0) is 15.9. The van der Waals surface area contributed by atoms with Crippen molar-refractivity contribution in [2.24, 2.45) is 0 Å². The van der Waals surface area contributed by atoms with Gasteiger partial charge in [0.15, 0.2) is 5.82 Å². The number of ether oxygens (including phenoxy) is 1. The molecule has 0 radical (unpaired) electrons. The second-order valence-corrected chi connectivity index (χ2v) is 8.05. The third kappa shape index (κ3) is 2.86. The van der Waals surface area contributed by atoms with Gasteiger partial charge < -0.3 is 14.5 Å². The molecule has 1 atom stereocenters. The number of halogens is 1. The molecule has 3 fully saturated rings. The number of carbonyl (C=O) groups excluding carboxylic acids is 1. The SMILES string of the molecule is O=C(N1CCCC1)N1CC2(C[C@H](Oc3ncccc3F)CS2)C1. The van der Waals surface area contributed by atoms with E-state index in [0.717, 1.165) is 51.2 Å². The van der Waals surface area contributed by atoms with Crippen LogP contribution in [0.15, 0.2) is 18.3 Å². The van der Waals surface area contributed by atoms with Gasteiger partial charge in [-0.2, -0.15) is 0 Å². The Morgan fingerprint density at radius 3 is 2.87 bits per heavy atom. The number of thioether (sulfide) groups is 1. The molecule has 0 aromatic carbocycles. The van der Waals surface area contributed by atoms with E-state index >= 15 is 0 Å². The molecule has 5 nitrogen and oxygen atoms in total. The molecule has 0 saturated carbocycles. The first-order valence-corrected chi connectivity index (χ1v) is 9.09. The van der Waals surface area contributed by atoms with Crippen molar-refractivity contribution in [3.8, 4) is 5.88 Å². The molecule has 124 valence electrons. The number of rotatable bonds is 2. The first-order chi connectivity index (χ1) is 11.2. The van der Waals surface area contributed by atoms with Gasteiger partial charge in [0.05, 0.1) is 4.75 Å². The summed E-state index contributed by atoms with van der Waals surface area (Å²) in [4.78, 5) is 20.2. The largest absolute Gasteiger partial charge is 0.471 e. The molecule has 7 heteroatoms. The molecule has 3 aliphatic heterocycles. The Balaban J connectivity index is 1.31. The zero-order valence-corrected chi connectivity index (χ0v) is 13.7. The number of likely N-dealkylation sites (tertiary alicyclic amines) is 2. The number of nitrogens with zero attached hydrogens (tertiary/aromatic N) is 3. The monoisotopic (exact) mass is 337 g/mol. The van der Waals surface area contributed by atoms with Crippen molar-refractivity contribution in [2.45, 2.75) is 30.1 Å². The number of hydrogen-bond donors (Lipinski definition) is 0. The minimum Gasteiger partial charge on any atom is -0.471 e. The van der Waals surface area contributed by atoms with E-state index in [4.69, 9.17) is 4.74 Å². The van der Waals surface area contributed by atoms with Gasteiger partial charge in [-0.3, -0.25) is 0 Å². The summed E-state index contributed by atoms with van der Waals surface area (Å²) < 4.78 is 19.4. The lowest BCUT2D eigenvalue weighted by Crippen LogP contribution is -2.63. The fourth-order valence-corrected chi connectivity index (χ4v) is 5.13. The number of urea groups is 1. The Labute approximate surface area is 139 Å². The van der Waals surface area contributed by atoms with E-state index in [1.54, 1.807) is 6.07 Å². The van der Waals surface area contributed by atoms with Crippen molar-refractivity contribution in [3.63, 3.8) is 0 Å². The third-order valence-corrected chi connectivity index (χ3v) is 6.36. The van der Waals surface area contributed by atoms with Crippen LogP contribution in [0.3, 0.4) is 0 Å². The van der Waals surface area contributed by atoms with Crippen LogP contribution in [-0.2, 0) is 0 Å². The maximum Gasteiger partial charge on any atom is 0.320 e. The Morgan fingerprint density at radius 1 is 1.35 bits per heavy atom. The second kappa shape index (κ2) is 5.85. The summed E-state index contributed by atoms with van der Waals surface area (Å²) in [5.74, 6) is 0.485. The molecule has 3 aliphatic rings. The maximum absolute atomic E-state index is 13.6. The molecule has 0 N–H and O–H groups in total. The van der Waals surface area contributed by atoms with E-state index in [-0.39, 0.29) is 22.8 Å². The fourth-order valence-electron chi connectivity index (χ4n) is 3.61. The standard InChI is InChI=1S/C16H20FN3O2S/c17-13-4-3-5-18-14(13)22-12-8-16(23-9-12)10-20(11-16)15(21)19-6-1-2-7-19/h3-5,12H,1-2,6-11H2/t12-/m0/s1. The predicted octanol–water partition coefficient (Wildman–Crippen LogP) is 2.38. The fraction of sp³-hybridized carbons (Fsp3) is 0.625. The Hall–Kier alpha value is -1.50. The summed E-state index contributed by atoms with van der Waals surface area (Å²) in [5, 5.41) is 0. The second-order valence-electron chi connectivity index (χ2n) is 6.56. The summed E-state index contributed by atoms with van der Waals surface area (Å²) >= 11 is 1.84. The molecule has 1 aromatic heterocycles. The number of aromatic nitrogens is 1. The third-order valence-electron chi connectivity index (χ3n) is 4.78. The molecule has 4 rings (SSSR count). The Morgan fingerprint density at radius 2 is 2.13 bits per heavy atom. The van der Waals surface area contributed by atoms with Crippen LogP contribution in [0.2, 0.25) is 0 Å². The van der Waals surface area contributed by atoms with E-state index < -0.39 is 5.82 Å². The molecule has 23 heavy (non-hydrogen) atoms. The van der Waals surface area contributed by atoms with Crippen molar-refractivity contribution >= 4 is 17.8 Å². The van der Waals surface area contributed by atoms with Gasteiger partial charge in [-0.25, -0.2) is 14.2 Å². The summed E-state index contributed by atoms with van der Waals surface area (Å²) in [7, 11) is 0. The Kier molecular flexibility index (Phi) is 3.83. The van der Waals surface area contributed by atoms with Gasteiger partial charge in [0.25, 0.3) is 5.88 Å². The highest BCUT2D eigenvalue weighted by Crippen LogP contribution is 2.46. The number of amides is 2. The number of carbonyl (C=O) groups is 1. The first-order valence-electron chi connectivity index (χ1n) is 8.10. The lowest BCUT2D eigenvalue weighted by Gasteiger charge is -2.48. The maximum atomic E-state index is 13.6. The van der Waals surface area contributed by atoms with Crippen LogP contribution in [0, 0.1) is 5.82 Å². The van der Waals surface area contributed by atoms with E-state index in [9.17, 15) is 9.18 Å². The molecular weight excluding hydrogens is 317 g/mol. The van der Waals surface area contributed by atoms with Crippen LogP contribution in [0.5, 0.6) is 5.88 Å². The van der Waals surface area contributed by atoms with Crippen LogP contribution < -0.4 is 4.74 Å². The van der Waals surface area contributed by atoms with Crippen molar-refractivity contribution in [2.75, 3.05) is 31.9 Å². The number of pyridine rings is 1. The molecule has 3 saturated heterocycles. The van der Waals surface area contributed by atoms with Gasteiger partial charge in [0.2, 0.25) is 0 Å². The molecule has 1 spiro atoms. The van der Waals surface area contributed by atoms with Crippen LogP contribution in [-0.4, -0.2) is 63.6 Å². The first kappa shape index (κ1) is 15.1. The summed E-state index contributed by atoms with van der Waals surface area (Å²) in [6.07, 6.45) is 4.58. The van der Waals surface area contributed by atoms with Gasteiger partial charge in [0, 0.05) is 44.5 Å². The van der Waals surface area contributed by atoms with Gasteiger partial charge >= 0.3 is 6.03 Å². The quantitative estimate of drug-likeness (QED) is 0.831. The molecule has 4 heterocycles. The zero-order valence-electron chi connectivity index (χ0n) is 12.9. The minimum absolute atomic E-state index is 0.0339. The van der Waals surface area contributed by atoms with E-state index in [0.29, 0.717) is 0 Å². The molecule has 1 aromatic rings. The summed E-state index contributed by atoms with van der Waals surface area (Å²) in [6, 6.07) is 3.09. The lowest BCUT2D eigenvalue weighted by atomic mass is 9.93.